The van der Waals surface area contributed by atoms with Crippen LogP contribution in [0.2, 0.25) is 0 Å². The lowest BCUT2D eigenvalue weighted by Gasteiger charge is -2.13. The highest BCUT2D eigenvalue weighted by atomic mass is 16.5. The van der Waals surface area contributed by atoms with Crippen LogP contribution in [0.5, 0.6) is 0 Å². The molecule has 0 rings (SSSR count). The fourth-order valence-electron chi connectivity index (χ4n) is 0.828. The second-order valence-electron chi connectivity index (χ2n) is 2.71. The Balaban J connectivity index is 3.90. The van der Waals surface area contributed by atoms with Crippen molar-refractivity contribution in [3.8, 4) is 0 Å². The molecule has 7 nitrogen and oxygen atoms in total. The smallest absolute Gasteiger partial charge is 0.320 e. The molecule has 0 aliphatic carbocycles. The van der Waals surface area contributed by atoms with Gasteiger partial charge in [0.05, 0.1) is 0 Å². The van der Waals surface area contributed by atoms with Crippen molar-refractivity contribution in [1.29, 1.82) is 0 Å². The summed E-state index contributed by atoms with van der Waals surface area (Å²) in [5, 5.41) is 36.1. The van der Waals surface area contributed by atoms with Crippen molar-refractivity contribution in [2.75, 3.05) is 6.54 Å². The van der Waals surface area contributed by atoms with Gasteiger partial charge in [-0.1, -0.05) is 0 Å². The van der Waals surface area contributed by atoms with Crippen LogP contribution in [0.15, 0.2) is 0 Å². The summed E-state index contributed by atoms with van der Waals surface area (Å²) in [6.45, 7) is -0.309. The van der Waals surface area contributed by atoms with Crippen molar-refractivity contribution in [2.24, 2.45) is 0 Å². The van der Waals surface area contributed by atoms with E-state index in [1.165, 1.54) is 0 Å². The monoisotopic (exact) mass is 207 g/mol. The summed E-state index contributed by atoms with van der Waals surface area (Å²) in [5.74, 6) is -2.31. The molecule has 0 bridgehead atoms. The van der Waals surface area contributed by atoms with E-state index in [4.69, 9.17) is 20.4 Å². The summed E-state index contributed by atoms with van der Waals surface area (Å²) in [6.07, 6.45) is -2.04. The number of aliphatic hydroxyl groups excluding tert-OH is 1. The number of carbonyl (C=O) groups is 2. The van der Waals surface area contributed by atoms with E-state index in [-0.39, 0.29) is 19.4 Å². The molecule has 1 atom stereocenters. The summed E-state index contributed by atoms with van der Waals surface area (Å²) in [6, 6.07) is -1.08. The van der Waals surface area contributed by atoms with Crippen molar-refractivity contribution in [1.82, 2.24) is 5.32 Å². The molecule has 0 aromatic rings. The summed E-state index contributed by atoms with van der Waals surface area (Å²) in [7, 11) is 0. The van der Waals surface area contributed by atoms with Crippen LogP contribution in [0.1, 0.15) is 12.8 Å². The molecule has 7 heteroatoms. The Labute approximate surface area is 80.0 Å². The quantitative estimate of drug-likeness (QED) is 0.312. The fourth-order valence-corrected chi connectivity index (χ4v) is 0.828. The minimum atomic E-state index is -1.65. The molecule has 0 saturated heterocycles. The molecule has 0 fully saturated rings. The van der Waals surface area contributed by atoms with Gasteiger partial charge in [-0.2, -0.15) is 0 Å². The van der Waals surface area contributed by atoms with E-state index in [2.05, 4.69) is 5.32 Å². The van der Waals surface area contributed by atoms with E-state index >= 15 is 0 Å². The lowest BCUT2D eigenvalue weighted by molar-refractivity contribution is -0.141. The van der Waals surface area contributed by atoms with Gasteiger partial charge in [-0.05, 0) is 6.42 Å². The molecule has 0 aromatic carbocycles. The van der Waals surface area contributed by atoms with Crippen LogP contribution >= 0.6 is 0 Å². The van der Waals surface area contributed by atoms with E-state index in [1.807, 2.05) is 0 Å². The van der Waals surface area contributed by atoms with Crippen molar-refractivity contribution >= 4 is 11.9 Å². The van der Waals surface area contributed by atoms with Gasteiger partial charge in [0.1, 0.15) is 6.04 Å². The second kappa shape index (κ2) is 6.30. The molecule has 0 heterocycles. The van der Waals surface area contributed by atoms with Crippen molar-refractivity contribution < 1.29 is 30.0 Å². The first-order valence-electron chi connectivity index (χ1n) is 3.97. The highest BCUT2D eigenvalue weighted by Crippen LogP contribution is 1.97. The minimum absolute atomic E-state index is 0.0998. The Morgan fingerprint density at radius 3 is 2.14 bits per heavy atom. The van der Waals surface area contributed by atoms with Crippen molar-refractivity contribution in [3.05, 3.63) is 0 Å². The van der Waals surface area contributed by atoms with Gasteiger partial charge in [0.2, 0.25) is 0 Å². The minimum Gasteiger partial charge on any atom is -0.481 e. The Kier molecular flexibility index (Phi) is 5.77. The van der Waals surface area contributed by atoms with Gasteiger partial charge >= 0.3 is 11.9 Å². The van der Waals surface area contributed by atoms with Crippen LogP contribution in [0.3, 0.4) is 0 Å². The zero-order valence-electron chi connectivity index (χ0n) is 7.38. The maximum Gasteiger partial charge on any atom is 0.320 e. The lowest BCUT2D eigenvalue weighted by Crippen LogP contribution is -2.41. The molecular weight excluding hydrogens is 194 g/mol. The van der Waals surface area contributed by atoms with Gasteiger partial charge in [0.15, 0.2) is 6.29 Å². The first-order valence-corrected chi connectivity index (χ1v) is 3.97. The molecule has 82 valence electrons. The average Bonchev–Trinajstić information content (AvgIpc) is 2.02. The third-order valence-corrected chi connectivity index (χ3v) is 1.49. The molecule has 0 saturated carbocycles. The van der Waals surface area contributed by atoms with Crippen molar-refractivity contribution in [3.63, 3.8) is 0 Å². The van der Waals surface area contributed by atoms with Crippen LogP contribution in [0.25, 0.3) is 0 Å². The van der Waals surface area contributed by atoms with Gasteiger partial charge in [-0.15, -0.1) is 0 Å². The zero-order chi connectivity index (χ0) is 11.1. The fraction of sp³-hybridized carbons (Fsp3) is 0.714. The molecule has 0 aliphatic heterocycles. The van der Waals surface area contributed by atoms with E-state index in [0.29, 0.717) is 0 Å². The molecule has 0 aliphatic rings. The van der Waals surface area contributed by atoms with Crippen LogP contribution in [-0.4, -0.2) is 51.2 Å². The SMILES string of the molecule is O=C(O)CCC(NCC(O)O)C(=O)O. The largest absolute Gasteiger partial charge is 0.481 e. The van der Waals surface area contributed by atoms with Gasteiger partial charge in [0.25, 0.3) is 0 Å². The number of hydrogen-bond donors (Lipinski definition) is 5. The number of aliphatic hydroxyl groups is 2. The summed E-state index contributed by atoms with van der Waals surface area (Å²) in [5.41, 5.74) is 0. The molecule has 0 radical (unpaired) electrons. The molecule has 0 spiro atoms. The van der Waals surface area contributed by atoms with Gasteiger partial charge in [-0.25, -0.2) is 0 Å². The molecular formula is C7H13NO6. The number of aliphatic carboxylic acids is 2. The second-order valence-corrected chi connectivity index (χ2v) is 2.71. The standard InChI is InChI=1S/C7H13NO6/c9-5(10)2-1-4(7(13)14)8-3-6(11)12/h4,6,8,11-12H,1-3H2,(H,9,10)(H,13,14). The van der Waals surface area contributed by atoms with E-state index in [1.54, 1.807) is 0 Å². The molecule has 0 amide bonds. The van der Waals surface area contributed by atoms with Gasteiger partial charge in [-0.3, -0.25) is 14.9 Å². The van der Waals surface area contributed by atoms with E-state index in [9.17, 15) is 9.59 Å². The van der Waals surface area contributed by atoms with Gasteiger partial charge < -0.3 is 20.4 Å². The van der Waals surface area contributed by atoms with Crippen LogP contribution in [0.4, 0.5) is 0 Å². The average molecular weight is 207 g/mol. The molecule has 5 N–H and O–H groups in total. The third kappa shape index (κ3) is 6.35. The number of hydrogen-bond acceptors (Lipinski definition) is 5. The Bertz CT molecular complexity index is 204. The maximum absolute atomic E-state index is 10.5. The highest BCUT2D eigenvalue weighted by molar-refractivity contribution is 5.75. The van der Waals surface area contributed by atoms with Crippen LogP contribution < -0.4 is 5.32 Å². The normalized spacial score (nSPS) is 12.8. The van der Waals surface area contributed by atoms with E-state index < -0.39 is 24.3 Å². The Hall–Kier alpha value is -1.18. The Morgan fingerprint density at radius 2 is 1.79 bits per heavy atom. The summed E-state index contributed by atoms with van der Waals surface area (Å²) >= 11 is 0. The molecule has 0 aromatic heterocycles. The maximum atomic E-state index is 10.5. The lowest BCUT2D eigenvalue weighted by atomic mass is 10.1. The predicted octanol–water partition coefficient (Wildman–Crippen LogP) is -1.80. The van der Waals surface area contributed by atoms with Crippen LogP contribution in [0, 0.1) is 0 Å². The first kappa shape index (κ1) is 12.8. The zero-order valence-corrected chi connectivity index (χ0v) is 7.38. The number of nitrogens with one attached hydrogen (secondary N) is 1. The summed E-state index contributed by atoms with van der Waals surface area (Å²) in [4.78, 5) is 20.7. The third-order valence-electron chi connectivity index (χ3n) is 1.49. The van der Waals surface area contributed by atoms with Gasteiger partial charge in [0, 0.05) is 13.0 Å². The topological polar surface area (TPSA) is 127 Å². The van der Waals surface area contributed by atoms with Crippen LogP contribution in [-0.2, 0) is 9.59 Å². The number of carboxylic acids is 2. The highest BCUT2D eigenvalue weighted by Gasteiger charge is 2.18. The number of carboxylic acid groups (broad SMARTS) is 2. The molecule has 14 heavy (non-hydrogen) atoms. The first-order chi connectivity index (χ1) is 6.43. The van der Waals surface area contributed by atoms with E-state index in [0.717, 1.165) is 0 Å². The predicted molar refractivity (Wildman–Crippen MR) is 44.5 cm³/mol. The molecule has 1 unspecified atom stereocenters. The Morgan fingerprint density at radius 1 is 1.21 bits per heavy atom. The summed E-state index contributed by atoms with van der Waals surface area (Å²) < 4.78 is 0. The number of rotatable bonds is 7. The van der Waals surface area contributed by atoms with Crippen molar-refractivity contribution in [2.45, 2.75) is 25.2 Å².